The molecule has 0 unspecified atom stereocenters. The number of alkyl halides is 3. The van der Waals surface area contributed by atoms with Gasteiger partial charge in [-0.3, -0.25) is 0 Å². The highest BCUT2D eigenvalue weighted by Gasteiger charge is 2.36. The quantitative estimate of drug-likeness (QED) is 0.631. The van der Waals surface area contributed by atoms with Gasteiger partial charge in [0.2, 0.25) is 0 Å². The first kappa shape index (κ1) is 12.2. The van der Waals surface area contributed by atoms with Crippen molar-refractivity contribution in [1.29, 1.82) is 0 Å². The Balaban J connectivity index is 3.34. The summed E-state index contributed by atoms with van der Waals surface area (Å²) in [6, 6.07) is 4.11. The third-order valence-corrected chi connectivity index (χ3v) is 1.74. The van der Waals surface area contributed by atoms with Crippen LogP contribution in [0.5, 0.6) is 0 Å². The van der Waals surface area contributed by atoms with Gasteiger partial charge >= 0.3 is 12.1 Å². The average Bonchev–Trinajstić information content (AvgIpc) is 2.13. The molecule has 0 aliphatic heterocycles. The molecule has 0 spiro atoms. The first-order chi connectivity index (χ1) is 7.32. The monoisotopic (exact) mass is 234 g/mol. The van der Waals surface area contributed by atoms with Crippen LogP contribution in [-0.4, -0.2) is 17.3 Å². The van der Waals surface area contributed by atoms with Crippen LogP contribution in [0.25, 0.3) is 5.57 Å². The van der Waals surface area contributed by atoms with Crippen molar-refractivity contribution < 1.29 is 27.5 Å². The molecule has 1 aromatic carbocycles. The second-order valence-corrected chi connectivity index (χ2v) is 2.87. The summed E-state index contributed by atoms with van der Waals surface area (Å²) in [6.07, 6.45) is -4.97. The minimum absolute atomic E-state index is 0.0571. The lowest BCUT2D eigenvalue weighted by atomic mass is 10.0. The fourth-order valence-corrected chi connectivity index (χ4v) is 1.12. The van der Waals surface area contributed by atoms with Crippen LogP contribution in [0.2, 0.25) is 0 Å². The number of carbonyl (C=O) groups is 1. The Kier molecular flexibility index (Phi) is 3.31. The number of carboxylic acid groups (broad SMARTS) is 1. The molecule has 1 rings (SSSR count). The standard InChI is InChI=1S/C10H6F4O2/c11-8-4-2-1-3-6(8)7(5-9(15)16)10(12,13)14/h1-5H,(H,15,16)/b7-5+. The number of allylic oxidation sites excluding steroid dienone is 1. The van der Waals surface area contributed by atoms with E-state index in [1.54, 1.807) is 0 Å². The van der Waals surface area contributed by atoms with E-state index in [1.807, 2.05) is 0 Å². The number of aliphatic carboxylic acids is 1. The number of rotatable bonds is 2. The van der Waals surface area contributed by atoms with Crippen LogP contribution in [0.15, 0.2) is 30.3 Å². The zero-order valence-electron chi connectivity index (χ0n) is 7.75. The van der Waals surface area contributed by atoms with Gasteiger partial charge in [0.1, 0.15) is 5.82 Å². The molecule has 86 valence electrons. The van der Waals surface area contributed by atoms with Gasteiger partial charge in [-0.15, -0.1) is 0 Å². The molecule has 0 saturated heterocycles. The molecule has 0 amide bonds. The fraction of sp³-hybridized carbons (Fsp3) is 0.100. The van der Waals surface area contributed by atoms with E-state index in [1.165, 1.54) is 12.1 Å². The smallest absolute Gasteiger partial charge is 0.417 e. The van der Waals surface area contributed by atoms with Crippen molar-refractivity contribution >= 4 is 11.5 Å². The fourth-order valence-electron chi connectivity index (χ4n) is 1.12. The summed E-state index contributed by atoms with van der Waals surface area (Å²) >= 11 is 0. The normalized spacial score (nSPS) is 12.6. The van der Waals surface area contributed by atoms with E-state index in [0.29, 0.717) is 0 Å². The van der Waals surface area contributed by atoms with Gasteiger partial charge in [0.25, 0.3) is 0 Å². The lowest BCUT2D eigenvalue weighted by molar-refractivity contribution is -0.131. The molecule has 0 radical (unpaired) electrons. The summed E-state index contributed by atoms with van der Waals surface area (Å²) in [7, 11) is 0. The molecule has 0 fully saturated rings. The minimum Gasteiger partial charge on any atom is -0.478 e. The SMILES string of the molecule is O=C(O)/C=C(\c1ccccc1F)C(F)(F)F. The highest BCUT2D eigenvalue weighted by Crippen LogP contribution is 2.34. The zero-order chi connectivity index (χ0) is 12.3. The van der Waals surface area contributed by atoms with Crippen LogP contribution in [0.3, 0.4) is 0 Å². The molecule has 1 N–H and O–H groups in total. The van der Waals surface area contributed by atoms with E-state index >= 15 is 0 Å². The van der Waals surface area contributed by atoms with E-state index in [-0.39, 0.29) is 6.08 Å². The van der Waals surface area contributed by atoms with Gasteiger partial charge in [-0.05, 0) is 6.07 Å². The molecular weight excluding hydrogens is 228 g/mol. The predicted octanol–water partition coefficient (Wildman–Crippen LogP) is 2.86. The molecule has 0 aliphatic rings. The molecule has 1 aromatic rings. The van der Waals surface area contributed by atoms with E-state index < -0.39 is 29.1 Å². The third kappa shape index (κ3) is 2.82. The Hall–Kier alpha value is -1.85. The van der Waals surface area contributed by atoms with Crippen LogP contribution in [0, 0.1) is 5.82 Å². The van der Waals surface area contributed by atoms with Crippen LogP contribution in [0.1, 0.15) is 5.56 Å². The number of benzene rings is 1. The molecule has 0 heterocycles. The predicted molar refractivity (Wildman–Crippen MR) is 48.1 cm³/mol. The van der Waals surface area contributed by atoms with Crippen LogP contribution in [0.4, 0.5) is 17.6 Å². The van der Waals surface area contributed by atoms with Crippen molar-refractivity contribution in [2.24, 2.45) is 0 Å². The number of hydrogen-bond donors (Lipinski definition) is 1. The van der Waals surface area contributed by atoms with E-state index in [0.717, 1.165) is 12.1 Å². The maximum Gasteiger partial charge on any atom is 0.417 e. The third-order valence-electron chi connectivity index (χ3n) is 1.74. The highest BCUT2D eigenvalue weighted by atomic mass is 19.4. The summed E-state index contributed by atoms with van der Waals surface area (Å²) in [4.78, 5) is 10.2. The van der Waals surface area contributed by atoms with Crippen molar-refractivity contribution in [2.75, 3.05) is 0 Å². The summed E-state index contributed by atoms with van der Waals surface area (Å²) in [5, 5.41) is 8.30. The number of carboxylic acids is 1. The van der Waals surface area contributed by atoms with Gasteiger partial charge in [-0.1, -0.05) is 18.2 Å². The Bertz CT molecular complexity index is 435. The lowest BCUT2D eigenvalue weighted by Crippen LogP contribution is -2.13. The van der Waals surface area contributed by atoms with Gasteiger partial charge in [0.05, 0.1) is 5.57 Å². The zero-order valence-corrected chi connectivity index (χ0v) is 7.75. The Morgan fingerprint density at radius 3 is 2.25 bits per heavy atom. The lowest BCUT2D eigenvalue weighted by Gasteiger charge is -2.11. The second kappa shape index (κ2) is 4.34. The van der Waals surface area contributed by atoms with E-state index in [9.17, 15) is 22.4 Å². The van der Waals surface area contributed by atoms with Crippen molar-refractivity contribution in [1.82, 2.24) is 0 Å². The Morgan fingerprint density at radius 2 is 1.81 bits per heavy atom. The maximum absolute atomic E-state index is 13.1. The van der Waals surface area contributed by atoms with Gasteiger partial charge < -0.3 is 5.11 Å². The first-order valence-corrected chi connectivity index (χ1v) is 4.09. The summed E-state index contributed by atoms with van der Waals surface area (Å²) in [6.45, 7) is 0. The van der Waals surface area contributed by atoms with Crippen molar-refractivity contribution in [3.63, 3.8) is 0 Å². The van der Waals surface area contributed by atoms with Crippen molar-refractivity contribution in [3.05, 3.63) is 41.7 Å². The molecule has 6 heteroatoms. The van der Waals surface area contributed by atoms with Gasteiger partial charge in [0.15, 0.2) is 0 Å². The summed E-state index contributed by atoms with van der Waals surface area (Å²) < 4.78 is 50.4. The molecule has 0 aromatic heterocycles. The number of halogens is 4. The maximum atomic E-state index is 13.1. The highest BCUT2D eigenvalue weighted by molar-refractivity contribution is 5.91. The van der Waals surface area contributed by atoms with Gasteiger partial charge in [0, 0.05) is 11.6 Å². The van der Waals surface area contributed by atoms with Crippen LogP contribution in [-0.2, 0) is 4.79 Å². The largest absolute Gasteiger partial charge is 0.478 e. The van der Waals surface area contributed by atoms with Crippen molar-refractivity contribution in [2.45, 2.75) is 6.18 Å². The van der Waals surface area contributed by atoms with E-state index in [4.69, 9.17) is 5.11 Å². The average molecular weight is 234 g/mol. The molecule has 16 heavy (non-hydrogen) atoms. The van der Waals surface area contributed by atoms with Crippen LogP contribution >= 0.6 is 0 Å². The Morgan fingerprint density at radius 1 is 1.25 bits per heavy atom. The van der Waals surface area contributed by atoms with Crippen LogP contribution < -0.4 is 0 Å². The minimum atomic E-state index is -4.92. The molecular formula is C10H6F4O2. The van der Waals surface area contributed by atoms with Gasteiger partial charge in [-0.2, -0.15) is 13.2 Å². The summed E-state index contributed by atoms with van der Waals surface area (Å²) in [5.74, 6) is -2.90. The topological polar surface area (TPSA) is 37.3 Å². The summed E-state index contributed by atoms with van der Waals surface area (Å²) in [5.41, 5.74) is -2.30. The molecule has 0 saturated carbocycles. The van der Waals surface area contributed by atoms with E-state index in [2.05, 4.69) is 0 Å². The molecule has 0 atom stereocenters. The van der Waals surface area contributed by atoms with Crippen molar-refractivity contribution in [3.8, 4) is 0 Å². The molecule has 0 aliphatic carbocycles. The first-order valence-electron chi connectivity index (χ1n) is 4.09. The Labute approximate surface area is 87.8 Å². The van der Waals surface area contributed by atoms with Gasteiger partial charge in [-0.25, -0.2) is 9.18 Å². The molecule has 2 nitrogen and oxygen atoms in total. The molecule has 0 bridgehead atoms. The second-order valence-electron chi connectivity index (χ2n) is 2.87. The number of hydrogen-bond acceptors (Lipinski definition) is 1.